The summed E-state index contributed by atoms with van der Waals surface area (Å²) in [5, 5.41) is 0. The molecule has 2 aliphatic heterocycles. The van der Waals surface area contributed by atoms with Crippen LogP contribution in [-0.2, 0) is 10.3 Å². The number of ether oxygens (including phenoxy) is 2. The molecule has 4 heteroatoms. The number of fused-ring (bicyclic) bond motifs is 6. The van der Waals surface area contributed by atoms with Gasteiger partial charge in [-0.3, -0.25) is 0 Å². The van der Waals surface area contributed by atoms with Gasteiger partial charge in [0.25, 0.3) is 0 Å². The zero-order valence-electron chi connectivity index (χ0n) is 17.8. The summed E-state index contributed by atoms with van der Waals surface area (Å²) < 4.78 is 12.7. The van der Waals surface area contributed by atoms with E-state index in [-0.39, 0.29) is 5.97 Å². The van der Waals surface area contributed by atoms with Gasteiger partial charge in [0.1, 0.15) is 11.5 Å². The maximum absolute atomic E-state index is 12.9. The van der Waals surface area contributed by atoms with E-state index in [1.54, 1.807) is 0 Å². The van der Waals surface area contributed by atoms with Crippen molar-refractivity contribution in [3.8, 4) is 11.5 Å². The number of hydrogen-bond acceptors (Lipinski definition) is 4. The summed E-state index contributed by atoms with van der Waals surface area (Å²) in [6, 6.07) is 18.0. The second-order valence-electron chi connectivity index (χ2n) is 7.96. The van der Waals surface area contributed by atoms with E-state index in [9.17, 15) is 4.79 Å². The molecule has 2 heterocycles. The van der Waals surface area contributed by atoms with E-state index >= 15 is 0 Å². The molecule has 0 amide bonds. The molecular weight excluding hydrogens is 374 g/mol. The Morgan fingerprint density at radius 2 is 1.63 bits per heavy atom. The molecule has 0 radical (unpaired) electrons. The number of hydrogen-bond donors (Lipinski definition) is 0. The van der Waals surface area contributed by atoms with Crippen LogP contribution < -0.4 is 9.64 Å². The lowest BCUT2D eigenvalue weighted by molar-refractivity contribution is 0.0224. The maximum atomic E-state index is 12.9. The van der Waals surface area contributed by atoms with Crippen molar-refractivity contribution in [3.63, 3.8) is 0 Å². The van der Waals surface area contributed by atoms with Gasteiger partial charge in [-0.05, 0) is 57.0 Å². The molecule has 3 aromatic rings. The van der Waals surface area contributed by atoms with Crippen molar-refractivity contribution in [3.05, 3.63) is 88.0 Å². The molecule has 152 valence electrons. The number of nitrogens with zero attached hydrogens (tertiary/aromatic N) is 1. The summed E-state index contributed by atoms with van der Waals surface area (Å²) in [6.45, 7) is 10.2. The minimum atomic E-state index is -0.989. The van der Waals surface area contributed by atoms with Gasteiger partial charge >= 0.3 is 5.97 Å². The smallest absolute Gasteiger partial charge is 0.340 e. The minimum Gasteiger partial charge on any atom is -0.456 e. The SMILES string of the molecule is CCN(CC)c1ccc2c(c1)Oc1c(ccc(C)c1C)C21OC(=O)c2ccccc21. The van der Waals surface area contributed by atoms with Gasteiger partial charge in [0.2, 0.25) is 0 Å². The van der Waals surface area contributed by atoms with E-state index in [2.05, 4.69) is 56.9 Å². The summed E-state index contributed by atoms with van der Waals surface area (Å²) in [6.07, 6.45) is 0. The molecule has 0 bridgehead atoms. The van der Waals surface area contributed by atoms with Crippen LogP contribution in [-0.4, -0.2) is 19.1 Å². The summed E-state index contributed by atoms with van der Waals surface area (Å²) in [4.78, 5) is 15.2. The van der Waals surface area contributed by atoms with Crippen LogP contribution in [0.1, 0.15) is 52.0 Å². The maximum Gasteiger partial charge on any atom is 0.340 e. The molecule has 5 rings (SSSR count). The molecule has 1 unspecified atom stereocenters. The zero-order valence-corrected chi connectivity index (χ0v) is 17.8. The van der Waals surface area contributed by atoms with Crippen LogP contribution in [0.3, 0.4) is 0 Å². The van der Waals surface area contributed by atoms with Gasteiger partial charge in [-0.2, -0.15) is 0 Å². The predicted molar refractivity (Wildman–Crippen MR) is 118 cm³/mol. The molecule has 0 fully saturated rings. The van der Waals surface area contributed by atoms with Crippen LogP contribution in [0.15, 0.2) is 54.6 Å². The fourth-order valence-corrected chi connectivity index (χ4v) is 4.74. The van der Waals surface area contributed by atoms with Crippen molar-refractivity contribution < 1.29 is 14.3 Å². The highest BCUT2D eigenvalue weighted by Crippen LogP contribution is 2.57. The fourth-order valence-electron chi connectivity index (χ4n) is 4.74. The van der Waals surface area contributed by atoms with E-state index in [4.69, 9.17) is 9.47 Å². The van der Waals surface area contributed by atoms with Crippen molar-refractivity contribution in [2.24, 2.45) is 0 Å². The Bertz CT molecular complexity index is 1180. The number of aryl methyl sites for hydroxylation is 1. The summed E-state index contributed by atoms with van der Waals surface area (Å²) in [7, 11) is 0. The first-order valence-corrected chi connectivity index (χ1v) is 10.5. The van der Waals surface area contributed by atoms with Crippen molar-refractivity contribution in [1.82, 2.24) is 0 Å². The Hall–Kier alpha value is -3.27. The first-order chi connectivity index (χ1) is 14.5. The molecule has 30 heavy (non-hydrogen) atoms. The highest BCUT2D eigenvalue weighted by atomic mass is 16.6. The quantitative estimate of drug-likeness (QED) is 0.528. The first kappa shape index (κ1) is 18.7. The Balaban J connectivity index is 1.83. The molecule has 4 nitrogen and oxygen atoms in total. The second kappa shape index (κ2) is 6.63. The number of rotatable bonds is 3. The van der Waals surface area contributed by atoms with Crippen LogP contribution in [0.2, 0.25) is 0 Å². The lowest BCUT2D eigenvalue weighted by Gasteiger charge is -2.38. The second-order valence-corrected chi connectivity index (χ2v) is 7.96. The van der Waals surface area contributed by atoms with Crippen LogP contribution in [0.25, 0.3) is 0 Å². The molecular formula is C26H25NO3. The topological polar surface area (TPSA) is 38.8 Å². The van der Waals surface area contributed by atoms with E-state index in [0.29, 0.717) is 5.56 Å². The van der Waals surface area contributed by atoms with Crippen LogP contribution in [0.5, 0.6) is 11.5 Å². The Morgan fingerprint density at radius 3 is 2.40 bits per heavy atom. The van der Waals surface area contributed by atoms with E-state index in [0.717, 1.165) is 58.1 Å². The van der Waals surface area contributed by atoms with Crippen LogP contribution in [0, 0.1) is 13.8 Å². The highest BCUT2D eigenvalue weighted by molar-refractivity contribution is 5.97. The van der Waals surface area contributed by atoms with Crippen LogP contribution in [0.4, 0.5) is 5.69 Å². The monoisotopic (exact) mass is 399 g/mol. The highest BCUT2D eigenvalue weighted by Gasteiger charge is 2.53. The third kappa shape index (κ3) is 2.37. The molecule has 0 saturated carbocycles. The van der Waals surface area contributed by atoms with E-state index in [1.165, 1.54) is 0 Å². The summed E-state index contributed by atoms with van der Waals surface area (Å²) in [5.41, 5.74) is 5.55. The molecule has 0 saturated heterocycles. The molecule has 2 aliphatic rings. The Kier molecular flexibility index (Phi) is 4.14. The van der Waals surface area contributed by atoms with Gasteiger partial charge in [-0.15, -0.1) is 0 Å². The standard InChI is InChI=1S/C26H25NO3/c1-5-27(6-2)18-12-14-21-23(15-18)29-24-17(4)16(3)11-13-22(24)26(21)20-10-8-7-9-19(20)25(28)30-26/h7-15H,5-6H2,1-4H3. The van der Waals surface area contributed by atoms with Crippen LogP contribution >= 0.6 is 0 Å². The van der Waals surface area contributed by atoms with Crippen molar-refractivity contribution in [2.75, 3.05) is 18.0 Å². The van der Waals surface area contributed by atoms with E-state index in [1.807, 2.05) is 30.3 Å². The predicted octanol–water partition coefficient (Wildman–Crippen LogP) is 5.72. The average molecular weight is 399 g/mol. The van der Waals surface area contributed by atoms with Crippen molar-refractivity contribution in [1.29, 1.82) is 0 Å². The number of anilines is 1. The Morgan fingerprint density at radius 1 is 0.900 bits per heavy atom. The number of carbonyl (C=O) groups is 1. The lowest BCUT2D eigenvalue weighted by atomic mass is 9.76. The number of benzene rings is 3. The fraction of sp³-hybridized carbons (Fsp3) is 0.269. The minimum absolute atomic E-state index is 0.296. The third-order valence-corrected chi connectivity index (χ3v) is 6.51. The van der Waals surface area contributed by atoms with Gasteiger partial charge in [0.15, 0.2) is 5.60 Å². The van der Waals surface area contributed by atoms with Gasteiger partial charge in [-0.1, -0.05) is 30.3 Å². The summed E-state index contributed by atoms with van der Waals surface area (Å²) in [5.74, 6) is 1.23. The third-order valence-electron chi connectivity index (χ3n) is 6.51. The van der Waals surface area contributed by atoms with E-state index < -0.39 is 5.60 Å². The van der Waals surface area contributed by atoms with Crippen molar-refractivity contribution in [2.45, 2.75) is 33.3 Å². The first-order valence-electron chi connectivity index (χ1n) is 10.5. The molecule has 0 aromatic heterocycles. The van der Waals surface area contributed by atoms with Gasteiger partial charge in [-0.25, -0.2) is 4.79 Å². The summed E-state index contributed by atoms with van der Waals surface area (Å²) >= 11 is 0. The van der Waals surface area contributed by atoms with Crippen molar-refractivity contribution >= 4 is 11.7 Å². The number of carbonyl (C=O) groups excluding carboxylic acids is 1. The molecule has 3 aromatic carbocycles. The zero-order chi connectivity index (χ0) is 21.0. The van der Waals surface area contributed by atoms with Gasteiger partial charge in [0, 0.05) is 41.5 Å². The van der Waals surface area contributed by atoms with Gasteiger partial charge < -0.3 is 14.4 Å². The molecule has 1 atom stereocenters. The Labute approximate surface area is 177 Å². The molecule has 0 N–H and O–H groups in total. The molecule has 0 aliphatic carbocycles. The molecule has 1 spiro atoms. The largest absolute Gasteiger partial charge is 0.456 e. The average Bonchev–Trinajstić information content (AvgIpc) is 3.05. The lowest BCUT2D eigenvalue weighted by Crippen LogP contribution is -2.33. The van der Waals surface area contributed by atoms with Gasteiger partial charge in [0.05, 0.1) is 5.56 Å². The normalized spacial score (nSPS) is 18.3. The number of esters is 1.